The van der Waals surface area contributed by atoms with Crippen molar-refractivity contribution in [1.82, 2.24) is 0 Å². The van der Waals surface area contributed by atoms with E-state index in [1.165, 1.54) is 11.1 Å². The molecule has 78 valence electrons. The van der Waals surface area contributed by atoms with Crippen LogP contribution in [0.5, 0.6) is 5.75 Å². The minimum absolute atomic E-state index is 0.169. The number of aliphatic carboxylic acids is 1. The molecular weight excluding hydrogens is 192 g/mol. The third-order valence-electron chi connectivity index (χ3n) is 3.29. The Kier molecular flexibility index (Phi) is 1.75. The molecule has 0 amide bonds. The highest BCUT2D eigenvalue weighted by atomic mass is 16.5. The summed E-state index contributed by atoms with van der Waals surface area (Å²) >= 11 is 0. The van der Waals surface area contributed by atoms with Crippen LogP contribution < -0.4 is 4.74 Å². The van der Waals surface area contributed by atoms with Crippen LogP contribution in [0.25, 0.3) is 0 Å². The molecular formula is C12H12O3. The van der Waals surface area contributed by atoms with Crippen molar-refractivity contribution in [1.29, 1.82) is 0 Å². The maximum Gasteiger partial charge on any atom is 0.307 e. The molecule has 1 aromatic carbocycles. The van der Waals surface area contributed by atoms with Crippen LogP contribution in [0.1, 0.15) is 23.5 Å². The van der Waals surface area contributed by atoms with Gasteiger partial charge in [-0.2, -0.15) is 0 Å². The number of fused-ring (bicyclic) bond motifs is 1. The summed E-state index contributed by atoms with van der Waals surface area (Å²) in [6.45, 7) is 0.733. The molecule has 1 heterocycles. The third kappa shape index (κ3) is 1.30. The molecule has 3 rings (SSSR count). The van der Waals surface area contributed by atoms with E-state index in [2.05, 4.69) is 0 Å². The first-order valence-electron chi connectivity index (χ1n) is 5.25. The molecule has 3 nitrogen and oxygen atoms in total. The Bertz CT molecular complexity index is 425. The summed E-state index contributed by atoms with van der Waals surface area (Å²) in [6.07, 6.45) is 1.71. The van der Waals surface area contributed by atoms with Gasteiger partial charge in [0.05, 0.1) is 12.5 Å². The predicted octanol–water partition coefficient (Wildman–Crippen LogP) is 1.81. The molecule has 0 radical (unpaired) electrons. The molecule has 0 bridgehead atoms. The highest BCUT2D eigenvalue weighted by molar-refractivity contribution is 5.75. The lowest BCUT2D eigenvalue weighted by Gasteiger charge is -2.05. The minimum atomic E-state index is -0.670. The largest absolute Gasteiger partial charge is 0.493 e. The molecule has 1 saturated carbocycles. The number of hydrogen-bond acceptors (Lipinski definition) is 2. The van der Waals surface area contributed by atoms with E-state index >= 15 is 0 Å². The quantitative estimate of drug-likeness (QED) is 0.799. The van der Waals surface area contributed by atoms with Crippen LogP contribution in [0.15, 0.2) is 18.2 Å². The molecule has 0 aromatic heterocycles. The van der Waals surface area contributed by atoms with Gasteiger partial charge in [-0.05, 0) is 24.0 Å². The van der Waals surface area contributed by atoms with Crippen molar-refractivity contribution >= 4 is 5.97 Å². The monoisotopic (exact) mass is 204 g/mol. The van der Waals surface area contributed by atoms with E-state index in [1.54, 1.807) is 0 Å². The van der Waals surface area contributed by atoms with E-state index in [1.807, 2.05) is 18.2 Å². The van der Waals surface area contributed by atoms with Crippen LogP contribution >= 0.6 is 0 Å². The number of carbonyl (C=O) groups is 1. The third-order valence-corrected chi connectivity index (χ3v) is 3.29. The van der Waals surface area contributed by atoms with Crippen molar-refractivity contribution in [3.05, 3.63) is 29.3 Å². The summed E-state index contributed by atoms with van der Waals surface area (Å²) in [7, 11) is 0. The van der Waals surface area contributed by atoms with Crippen LogP contribution in [0.4, 0.5) is 0 Å². The number of ether oxygens (including phenoxy) is 1. The SMILES string of the molecule is O=C(O)[C@@H]1C[C@@H]1c1cccc2c1CCO2. The Balaban J connectivity index is 1.94. The van der Waals surface area contributed by atoms with Gasteiger partial charge in [0.2, 0.25) is 0 Å². The van der Waals surface area contributed by atoms with Crippen LogP contribution in [-0.2, 0) is 11.2 Å². The summed E-state index contributed by atoms with van der Waals surface area (Å²) in [5, 5.41) is 8.90. The Morgan fingerprint density at radius 2 is 2.33 bits per heavy atom. The van der Waals surface area contributed by atoms with Gasteiger partial charge in [-0.15, -0.1) is 0 Å². The van der Waals surface area contributed by atoms with E-state index in [0.717, 1.165) is 25.2 Å². The van der Waals surface area contributed by atoms with Gasteiger partial charge in [-0.1, -0.05) is 12.1 Å². The lowest BCUT2D eigenvalue weighted by molar-refractivity contribution is -0.138. The zero-order valence-corrected chi connectivity index (χ0v) is 8.27. The zero-order chi connectivity index (χ0) is 10.4. The molecule has 1 aromatic rings. The Hall–Kier alpha value is -1.51. The number of benzene rings is 1. The molecule has 0 unspecified atom stereocenters. The first-order chi connectivity index (χ1) is 7.27. The highest BCUT2D eigenvalue weighted by Crippen LogP contribution is 2.50. The number of carboxylic acid groups (broad SMARTS) is 1. The molecule has 1 fully saturated rings. The predicted molar refractivity (Wildman–Crippen MR) is 54.1 cm³/mol. The zero-order valence-electron chi connectivity index (χ0n) is 8.27. The number of rotatable bonds is 2. The molecule has 1 aliphatic heterocycles. The van der Waals surface area contributed by atoms with E-state index in [-0.39, 0.29) is 11.8 Å². The second kappa shape index (κ2) is 2.99. The fourth-order valence-corrected chi connectivity index (χ4v) is 2.41. The van der Waals surface area contributed by atoms with Crippen molar-refractivity contribution < 1.29 is 14.6 Å². The van der Waals surface area contributed by atoms with Crippen LogP contribution in [0.3, 0.4) is 0 Å². The van der Waals surface area contributed by atoms with Crippen molar-refractivity contribution in [3.63, 3.8) is 0 Å². The Morgan fingerprint density at radius 3 is 3.07 bits per heavy atom. The summed E-state index contributed by atoms with van der Waals surface area (Å²) in [5.74, 6) is 0.330. The van der Waals surface area contributed by atoms with Crippen LogP contribution in [0.2, 0.25) is 0 Å². The van der Waals surface area contributed by atoms with Gasteiger partial charge in [0.1, 0.15) is 5.75 Å². The maximum atomic E-state index is 10.8. The van der Waals surface area contributed by atoms with E-state index < -0.39 is 5.97 Å². The molecule has 2 aliphatic rings. The summed E-state index contributed by atoms with van der Waals surface area (Å²) in [5.41, 5.74) is 2.42. The normalized spacial score (nSPS) is 26.9. The van der Waals surface area contributed by atoms with Gasteiger partial charge < -0.3 is 9.84 Å². The number of hydrogen-bond donors (Lipinski definition) is 1. The molecule has 0 spiro atoms. The lowest BCUT2D eigenvalue weighted by atomic mass is 10.00. The van der Waals surface area contributed by atoms with E-state index in [9.17, 15) is 4.79 Å². The van der Waals surface area contributed by atoms with Gasteiger partial charge in [0.15, 0.2) is 0 Å². The standard InChI is InChI=1S/C12H12O3/c13-12(14)10-6-9(10)7-2-1-3-11-8(7)4-5-15-11/h1-3,9-10H,4-6H2,(H,13,14)/t9-,10-/m1/s1. The average molecular weight is 204 g/mol. The molecule has 1 aliphatic carbocycles. The fourth-order valence-electron chi connectivity index (χ4n) is 2.41. The maximum absolute atomic E-state index is 10.8. The molecule has 1 N–H and O–H groups in total. The Labute approximate surface area is 87.7 Å². The first-order valence-corrected chi connectivity index (χ1v) is 5.25. The summed E-state index contributed by atoms with van der Waals surface area (Å²) < 4.78 is 5.47. The topological polar surface area (TPSA) is 46.5 Å². The van der Waals surface area contributed by atoms with Gasteiger partial charge in [-0.3, -0.25) is 4.79 Å². The second-order valence-corrected chi connectivity index (χ2v) is 4.21. The van der Waals surface area contributed by atoms with Crippen LogP contribution in [-0.4, -0.2) is 17.7 Å². The minimum Gasteiger partial charge on any atom is -0.493 e. The fraction of sp³-hybridized carbons (Fsp3) is 0.417. The number of carboxylic acids is 1. The highest BCUT2D eigenvalue weighted by Gasteiger charge is 2.45. The first kappa shape index (κ1) is 8.77. The van der Waals surface area contributed by atoms with Gasteiger partial charge in [0.25, 0.3) is 0 Å². The molecule has 15 heavy (non-hydrogen) atoms. The molecule has 2 atom stereocenters. The van der Waals surface area contributed by atoms with Gasteiger partial charge in [-0.25, -0.2) is 0 Å². The van der Waals surface area contributed by atoms with Crippen molar-refractivity contribution in [2.45, 2.75) is 18.8 Å². The lowest BCUT2D eigenvalue weighted by Crippen LogP contribution is -2.00. The average Bonchev–Trinajstić information content (AvgIpc) is 2.87. The van der Waals surface area contributed by atoms with Crippen molar-refractivity contribution in [2.75, 3.05) is 6.61 Å². The summed E-state index contributed by atoms with van der Waals surface area (Å²) in [4.78, 5) is 10.8. The van der Waals surface area contributed by atoms with Crippen molar-refractivity contribution in [3.8, 4) is 5.75 Å². The second-order valence-electron chi connectivity index (χ2n) is 4.21. The van der Waals surface area contributed by atoms with Crippen LogP contribution in [0, 0.1) is 5.92 Å². The van der Waals surface area contributed by atoms with Gasteiger partial charge >= 0.3 is 5.97 Å². The summed E-state index contributed by atoms with van der Waals surface area (Å²) in [6, 6.07) is 5.96. The molecule has 3 heteroatoms. The smallest absolute Gasteiger partial charge is 0.307 e. The van der Waals surface area contributed by atoms with E-state index in [4.69, 9.17) is 9.84 Å². The van der Waals surface area contributed by atoms with Crippen molar-refractivity contribution in [2.24, 2.45) is 5.92 Å². The van der Waals surface area contributed by atoms with Gasteiger partial charge in [0, 0.05) is 12.0 Å². The molecule has 0 saturated heterocycles. The van der Waals surface area contributed by atoms with E-state index in [0.29, 0.717) is 0 Å². The Morgan fingerprint density at radius 1 is 1.47 bits per heavy atom.